The number of amides is 1. The Morgan fingerprint density at radius 2 is 2.20 bits per heavy atom. The van der Waals surface area contributed by atoms with Crippen LogP contribution in [0.1, 0.15) is 17.4 Å². The van der Waals surface area contributed by atoms with Crippen molar-refractivity contribution in [2.24, 2.45) is 0 Å². The van der Waals surface area contributed by atoms with Crippen LogP contribution in [0.5, 0.6) is 0 Å². The Balaban J connectivity index is 1.91. The van der Waals surface area contributed by atoms with Gasteiger partial charge in [0.2, 0.25) is 0 Å². The fraction of sp³-hybridized carbons (Fsp3) is 0.615. The van der Waals surface area contributed by atoms with Crippen molar-refractivity contribution in [3.63, 3.8) is 0 Å². The Bertz CT molecular complexity index is 476. The van der Waals surface area contributed by atoms with Crippen molar-refractivity contribution in [3.8, 4) is 0 Å². The minimum Gasteiger partial charge on any atom is -0.379 e. The maximum absolute atomic E-state index is 12.3. The van der Waals surface area contributed by atoms with Crippen molar-refractivity contribution in [1.82, 2.24) is 20.0 Å². The van der Waals surface area contributed by atoms with Crippen LogP contribution in [0, 0.1) is 0 Å². The van der Waals surface area contributed by atoms with Gasteiger partial charge in [-0.1, -0.05) is 0 Å². The molecule has 0 aromatic carbocycles. The number of rotatable bonds is 5. The third-order valence-corrected chi connectivity index (χ3v) is 3.36. The molecule has 1 aromatic rings. The number of hydrogen-bond donors (Lipinski definition) is 1. The number of ether oxygens (including phenoxy) is 1. The number of aromatic amines is 1. The lowest BCUT2D eigenvalue weighted by Gasteiger charge is -2.29. The van der Waals surface area contributed by atoms with Crippen LogP contribution >= 0.6 is 0 Å². The van der Waals surface area contributed by atoms with E-state index in [9.17, 15) is 9.59 Å². The first-order valence-electron chi connectivity index (χ1n) is 6.86. The number of nitrogens with one attached hydrogen (secondary N) is 1. The first-order chi connectivity index (χ1) is 9.70. The maximum atomic E-state index is 12.3. The van der Waals surface area contributed by atoms with Gasteiger partial charge < -0.3 is 9.64 Å². The van der Waals surface area contributed by atoms with E-state index in [1.54, 1.807) is 4.90 Å². The van der Waals surface area contributed by atoms with Crippen LogP contribution < -0.4 is 5.56 Å². The van der Waals surface area contributed by atoms with E-state index in [-0.39, 0.29) is 17.2 Å². The van der Waals surface area contributed by atoms with Gasteiger partial charge in [-0.05, 0) is 13.0 Å². The SMILES string of the molecule is CCN(CCN1CCOCC1)C(=O)c1ccc(=O)[nH]n1. The van der Waals surface area contributed by atoms with Gasteiger partial charge in [0.05, 0.1) is 13.2 Å². The Morgan fingerprint density at radius 3 is 2.80 bits per heavy atom. The van der Waals surface area contributed by atoms with E-state index in [4.69, 9.17) is 4.74 Å². The van der Waals surface area contributed by atoms with Crippen LogP contribution in [-0.2, 0) is 4.74 Å². The molecule has 1 saturated heterocycles. The second kappa shape index (κ2) is 7.16. The van der Waals surface area contributed by atoms with E-state index in [1.165, 1.54) is 12.1 Å². The molecule has 1 amide bonds. The van der Waals surface area contributed by atoms with Gasteiger partial charge in [-0.15, -0.1) is 0 Å². The molecular formula is C13H20N4O3. The van der Waals surface area contributed by atoms with E-state index in [0.29, 0.717) is 13.1 Å². The lowest BCUT2D eigenvalue weighted by Crippen LogP contribution is -2.43. The zero-order valence-electron chi connectivity index (χ0n) is 11.7. The minimum absolute atomic E-state index is 0.156. The Kier molecular flexibility index (Phi) is 5.25. The van der Waals surface area contributed by atoms with Crippen molar-refractivity contribution in [1.29, 1.82) is 0 Å². The molecule has 1 aromatic heterocycles. The zero-order valence-corrected chi connectivity index (χ0v) is 11.7. The zero-order chi connectivity index (χ0) is 14.4. The highest BCUT2D eigenvalue weighted by atomic mass is 16.5. The summed E-state index contributed by atoms with van der Waals surface area (Å²) >= 11 is 0. The molecule has 0 atom stereocenters. The highest BCUT2D eigenvalue weighted by Gasteiger charge is 2.17. The lowest BCUT2D eigenvalue weighted by molar-refractivity contribution is 0.0327. The van der Waals surface area contributed by atoms with E-state index in [1.807, 2.05) is 6.92 Å². The van der Waals surface area contributed by atoms with E-state index in [2.05, 4.69) is 15.1 Å². The quantitative estimate of drug-likeness (QED) is 0.791. The Morgan fingerprint density at radius 1 is 1.45 bits per heavy atom. The molecule has 0 spiro atoms. The minimum atomic E-state index is -0.307. The number of hydrogen-bond acceptors (Lipinski definition) is 5. The number of morpholine rings is 1. The standard InChI is InChI=1S/C13H20N4O3/c1-2-17(6-5-16-7-9-20-10-8-16)13(19)11-3-4-12(18)15-14-11/h3-4H,2,5-10H2,1H3,(H,15,18). The molecule has 0 unspecified atom stereocenters. The monoisotopic (exact) mass is 280 g/mol. The molecule has 0 aliphatic carbocycles. The number of aromatic nitrogens is 2. The van der Waals surface area contributed by atoms with Gasteiger partial charge in [0.1, 0.15) is 5.69 Å². The summed E-state index contributed by atoms with van der Waals surface area (Å²) in [4.78, 5) is 27.2. The molecule has 2 heterocycles. The fourth-order valence-electron chi connectivity index (χ4n) is 2.12. The van der Waals surface area contributed by atoms with Gasteiger partial charge in [0, 0.05) is 38.8 Å². The molecule has 7 nitrogen and oxygen atoms in total. The smallest absolute Gasteiger partial charge is 0.274 e. The molecule has 0 saturated carbocycles. The van der Waals surface area contributed by atoms with Crippen LogP contribution in [0.2, 0.25) is 0 Å². The van der Waals surface area contributed by atoms with E-state index in [0.717, 1.165) is 32.8 Å². The van der Waals surface area contributed by atoms with Crippen molar-refractivity contribution in [2.45, 2.75) is 6.92 Å². The summed E-state index contributed by atoms with van der Waals surface area (Å²) in [6, 6.07) is 2.77. The summed E-state index contributed by atoms with van der Waals surface area (Å²) in [5.41, 5.74) is -0.0358. The van der Waals surface area contributed by atoms with Gasteiger partial charge in [0.25, 0.3) is 11.5 Å². The largest absolute Gasteiger partial charge is 0.379 e. The van der Waals surface area contributed by atoms with Gasteiger partial charge in [0.15, 0.2) is 0 Å². The van der Waals surface area contributed by atoms with Gasteiger partial charge in [-0.2, -0.15) is 5.10 Å². The molecule has 0 bridgehead atoms. The Hall–Kier alpha value is -1.73. The number of carbonyl (C=O) groups is 1. The van der Waals surface area contributed by atoms with E-state index >= 15 is 0 Å². The number of nitrogens with zero attached hydrogens (tertiary/aromatic N) is 3. The number of H-pyrrole nitrogens is 1. The molecule has 2 rings (SSSR count). The lowest BCUT2D eigenvalue weighted by atomic mass is 10.3. The van der Waals surface area contributed by atoms with Crippen LogP contribution in [-0.4, -0.2) is 71.8 Å². The van der Waals surface area contributed by atoms with Crippen molar-refractivity contribution in [3.05, 3.63) is 28.2 Å². The molecule has 1 aliphatic rings. The highest BCUT2D eigenvalue weighted by molar-refractivity contribution is 5.92. The average Bonchev–Trinajstić information content (AvgIpc) is 2.49. The van der Waals surface area contributed by atoms with Crippen molar-refractivity contribution in [2.75, 3.05) is 45.9 Å². The summed E-state index contributed by atoms with van der Waals surface area (Å²) in [5.74, 6) is -0.156. The molecule has 1 fully saturated rings. The first kappa shape index (κ1) is 14.7. The van der Waals surface area contributed by atoms with Crippen LogP contribution in [0.15, 0.2) is 16.9 Å². The van der Waals surface area contributed by atoms with Crippen molar-refractivity contribution >= 4 is 5.91 Å². The van der Waals surface area contributed by atoms with Gasteiger partial charge in [-0.3, -0.25) is 14.5 Å². The molecule has 1 aliphatic heterocycles. The average molecular weight is 280 g/mol. The molecular weight excluding hydrogens is 260 g/mol. The second-order valence-corrected chi connectivity index (χ2v) is 4.65. The summed E-state index contributed by atoms with van der Waals surface area (Å²) in [6.45, 7) is 7.34. The van der Waals surface area contributed by atoms with Crippen LogP contribution in [0.25, 0.3) is 0 Å². The predicted molar refractivity (Wildman–Crippen MR) is 73.7 cm³/mol. The predicted octanol–water partition coefficient (Wildman–Crippen LogP) is -0.436. The van der Waals surface area contributed by atoms with Gasteiger partial charge in [-0.25, -0.2) is 5.10 Å². The van der Waals surface area contributed by atoms with Crippen LogP contribution in [0.3, 0.4) is 0 Å². The second-order valence-electron chi connectivity index (χ2n) is 4.65. The summed E-state index contributed by atoms with van der Waals surface area (Å²) in [5, 5.41) is 6.06. The number of carbonyl (C=O) groups excluding carboxylic acids is 1. The third-order valence-electron chi connectivity index (χ3n) is 3.36. The molecule has 1 N–H and O–H groups in total. The van der Waals surface area contributed by atoms with Crippen LogP contribution in [0.4, 0.5) is 0 Å². The summed E-state index contributed by atoms with van der Waals surface area (Å²) in [6.07, 6.45) is 0. The normalized spacial score (nSPS) is 16.1. The highest BCUT2D eigenvalue weighted by Crippen LogP contribution is 2.02. The first-order valence-corrected chi connectivity index (χ1v) is 6.86. The topological polar surface area (TPSA) is 78.5 Å². The molecule has 0 radical (unpaired) electrons. The maximum Gasteiger partial charge on any atom is 0.274 e. The van der Waals surface area contributed by atoms with E-state index < -0.39 is 0 Å². The molecule has 20 heavy (non-hydrogen) atoms. The summed E-state index contributed by atoms with van der Waals surface area (Å²) in [7, 11) is 0. The fourth-order valence-corrected chi connectivity index (χ4v) is 2.12. The van der Waals surface area contributed by atoms with Crippen molar-refractivity contribution < 1.29 is 9.53 Å². The third kappa shape index (κ3) is 3.88. The van der Waals surface area contributed by atoms with Gasteiger partial charge >= 0.3 is 0 Å². The number of likely N-dealkylation sites (N-methyl/N-ethyl adjacent to an activating group) is 1. The molecule has 7 heteroatoms. The Labute approximate surface area is 117 Å². The molecule has 110 valence electrons. The summed E-state index contributed by atoms with van der Waals surface area (Å²) < 4.78 is 5.29.